The molecule has 0 fully saturated rings. The summed E-state index contributed by atoms with van der Waals surface area (Å²) in [6.07, 6.45) is 6.16. The fourth-order valence-corrected chi connectivity index (χ4v) is 1.23. The van der Waals surface area contributed by atoms with E-state index in [0.29, 0.717) is 0 Å². The maximum absolute atomic E-state index is 4.46. The molecule has 0 unspecified atom stereocenters. The Morgan fingerprint density at radius 3 is 2.25 bits per heavy atom. The Kier molecular flexibility index (Phi) is 3.56. The zero-order chi connectivity index (χ0) is 12.4. The summed E-state index contributed by atoms with van der Waals surface area (Å²) in [4.78, 5) is 1.74. The molecule has 16 heavy (non-hydrogen) atoms. The summed E-state index contributed by atoms with van der Waals surface area (Å²) in [5, 5.41) is 8.71. The van der Waals surface area contributed by atoms with Gasteiger partial charge in [0.05, 0.1) is 18.4 Å². The van der Waals surface area contributed by atoms with Crippen molar-refractivity contribution in [3.8, 4) is 0 Å². The van der Waals surface area contributed by atoms with Crippen molar-refractivity contribution in [1.29, 1.82) is 0 Å². The van der Waals surface area contributed by atoms with Crippen molar-refractivity contribution in [3.05, 3.63) is 24.0 Å². The average molecular weight is 221 g/mol. The Morgan fingerprint density at radius 1 is 1.19 bits per heavy atom. The highest BCUT2D eigenvalue weighted by Gasteiger charge is 2.17. The molecule has 90 valence electrons. The van der Waals surface area contributed by atoms with Gasteiger partial charge in [-0.05, 0) is 5.41 Å². The van der Waals surface area contributed by atoms with E-state index >= 15 is 0 Å². The molecule has 0 atom stereocenters. The fraction of sp³-hybridized carbons (Fsp3) is 0.692. The van der Waals surface area contributed by atoms with Crippen LogP contribution in [0.15, 0.2) is 18.3 Å². The van der Waals surface area contributed by atoms with Crippen molar-refractivity contribution in [1.82, 2.24) is 15.0 Å². The van der Waals surface area contributed by atoms with Gasteiger partial charge in [-0.25, -0.2) is 0 Å². The Hall–Kier alpha value is -1.12. The van der Waals surface area contributed by atoms with Crippen LogP contribution in [-0.4, -0.2) is 15.0 Å². The highest BCUT2D eigenvalue weighted by molar-refractivity contribution is 5.06. The zero-order valence-corrected chi connectivity index (χ0v) is 11.3. The molecular formula is C13H23N3. The third-order valence-electron chi connectivity index (χ3n) is 2.19. The van der Waals surface area contributed by atoms with Crippen LogP contribution >= 0.6 is 0 Å². The number of nitrogens with zero attached hydrogens (tertiary/aromatic N) is 3. The molecule has 0 N–H and O–H groups in total. The lowest BCUT2D eigenvalue weighted by atomic mass is 9.93. The van der Waals surface area contributed by atoms with Gasteiger partial charge in [0.1, 0.15) is 0 Å². The first-order chi connectivity index (χ1) is 7.18. The minimum absolute atomic E-state index is 0.0754. The van der Waals surface area contributed by atoms with E-state index in [9.17, 15) is 0 Å². The average Bonchev–Trinajstić information content (AvgIpc) is 2.49. The predicted molar refractivity (Wildman–Crippen MR) is 67.3 cm³/mol. The molecule has 0 amide bonds. The number of hydrogen-bond donors (Lipinski definition) is 0. The zero-order valence-electron chi connectivity index (χ0n) is 11.3. The third kappa shape index (κ3) is 4.17. The van der Waals surface area contributed by atoms with Gasteiger partial charge in [0, 0.05) is 5.41 Å². The molecule has 0 saturated heterocycles. The highest BCUT2D eigenvalue weighted by Crippen LogP contribution is 2.18. The minimum Gasteiger partial charge on any atom is -0.181 e. The largest absolute Gasteiger partial charge is 0.181 e. The van der Waals surface area contributed by atoms with Crippen LogP contribution in [0.4, 0.5) is 0 Å². The third-order valence-corrected chi connectivity index (χ3v) is 2.19. The second kappa shape index (κ2) is 4.40. The van der Waals surface area contributed by atoms with Crippen molar-refractivity contribution in [2.24, 2.45) is 5.41 Å². The molecule has 0 aliphatic heterocycles. The van der Waals surface area contributed by atoms with E-state index in [2.05, 4.69) is 63.9 Å². The SMILES string of the molecule is CC(C)(C)/C=C/Cn1ncc(C(C)(C)C)n1. The molecule has 1 aromatic heterocycles. The first-order valence-corrected chi connectivity index (χ1v) is 5.77. The summed E-state index contributed by atoms with van der Waals surface area (Å²) in [6, 6.07) is 0. The van der Waals surface area contributed by atoms with Gasteiger partial charge in [0.25, 0.3) is 0 Å². The maximum Gasteiger partial charge on any atom is 0.0880 e. The maximum atomic E-state index is 4.46. The summed E-state index contributed by atoms with van der Waals surface area (Å²) in [6.45, 7) is 13.7. The highest BCUT2D eigenvalue weighted by atomic mass is 15.5. The molecule has 0 aliphatic carbocycles. The van der Waals surface area contributed by atoms with Gasteiger partial charge in [-0.3, -0.25) is 0 Å². The lowest BCUT2D eigenvalue weighted by molar-refractivity contribution is 0.521. The Morgan fingerprint density at radius 2 is 1.81 bits per heavy atom. The smallest absolute Gasteiger partial charge is 0.0880 e. The Balaban J connectivity index is 2.64. The van der Waals surface area contributed by atoms with Crippen LogP contribution in [0, 0.1) is 5.41 Å². The van der Waals surface area contributed by atoms with Gasteiger partial charge in [0.15, 0.2) is 0 Å². The van der Waals surface area contributed by atoms with Crippen molar-refractivity contribution < 1.29 is 0 Å². The summed E-state index contributed by atoms with van der Waals surface area (Å²) < 4.78 is 0. The van der Waals surface area contributed by atoms with Gasteiger partial charge in [-0.2, -0.15) is 15.0 Å². The quantitative estimate of drug-likeness (QED) is 0.718. The van der Waals surface area contributed by atoms with Gasteiger partial charge in [-0.15, -0.1) is 0 Å². The lowest BCUT2D eigenvalue weighted by Crippen LogP contribution is -2.13. The summed E-state index contributed by atoms with van der Waals surface area (Å²) in [7, 11) is 0. The number of hydrogen-bond acceptors (Lipinski definition) is 2. The molecule has 1 heterocycles. The van der Waals surface area contributed by atoms with Crippen molar-refractivity contribution in [3.63, 3.8) is 0 Å². The normalized spacial score (nSPS) is 13.6. The Labute approximate surface area is 98.6 Å². The second-order valence-corrected chi connectivity index (χ2v) is 6.30. The fourth-order valence-electron chi connectivity index (χ4n) is 1.23. The van der Waals surface area contributed by atoms with Crippen LogP contribution in [-0.2, 0) is 12.0 Å². The molecule has 0 aromatic carbocycles. The summed E-state index contributed by atoms with van der Waals surface area (Å²) in [5.74, 6) is 0. The van der Waals surface area contributed by atoms with E-state index < -0.39 is 0 Å². The summed E-state index contributed by atoms with van der Waals surface area (Å²) >= 11 is 0. The predicted octanol–water partition coefficient (Wildman–Crippen LogP) is 3.18. The number of rotatable bonds is 2. The van der Waals surface area contributed by atoms with Crippen molar-refractivity contribution in [2.45, 2.75) is 53.5 Å². The molecule has 0 bridgehead atoms. The molecule has 0 spiro atoms. The molecular weight excluding hydrogens is 198 g/mol. The first kappa shape index (κ1) is 12.9. The monoisotopic (exact) mass is 221 g/mol. The first-order valence-electron chi connectivity index (χ1n) is 5.77. The van der Waals surface area contributed by atoms with E-state index in [0.717, 1.165) is 12.2 Å². The van der Waals surface area contributed by atoms with Crippen LogP contribution in [0.5, 0.6) is 0 Å². The lowest BCUT2D eigenvalue weighted by Gasteiger charge is -2.13. The molecule has 1 aromatic rings. The van der Waals surface area contributed by atoms with Crippen molar-refractivity contribution in [2.75, 3.05) is 0 Å². The molecule has 1 rings (SSSR count). The van der Waals surface area contributed by atoms with E-state index in [1.165, 1.54) is 0 Å². The van der Waals surface area contributed by atoms with Crippen LogP contribution in [0.25, 0.3) is 0 Å². The van der Waals surface area contributed by atoms with Crippen LogP contribution < -0.4 is 0 Å². The van der Waals surface area contributed by atoms with E-state index in [1.807, 2.05) is 6.20 Å². The number of aromatic nitrogens is 3. The van der Waals surface area contributed by atoms with E-state index in [1.54, 1.807) is 4.80 Å². The van der Waals surface area contributed by atoms with Gasteiger partial charge in [0.2, 0.25) is 0 Å². The van der Waals surface area contributed by atoms with E-state index in [4.69, 9.17) is 0 Å². The minimum atomic E-state index is 0.0754. The van der Waals surface area contributed by atoms with Crippen LogP contribution in [0.1, 0.15) is 47.2 Å². The number of allylic oxidation sites excluding steroid dienone is 2. The standard InChI is InChI=1S/C13H23N3/c1-12(2,3)8-7-9-16-14-10-11(15-16)13(4,5)6/h7-8,10H,9H2,1-6H3/b8-7+. The van der Waals surface area contributed by atoms with Crippen LogP contribution in [0.3, 0.4) is 0 Å². The Bertz CT molecular complexity index is 361. The molecule has 3 heteroatoms. The van der Waals surface area contributed by atoms with Gasteiger partial charge >= 0.3 is 0 Å². The van der Waals surface area contributed by atoms with Gasteiger partial charge < -0.3 is 0 Å². The van der Waals surface area contributed by atoms with Crippen molar-refractivity contribution >= 4 is 0 Å². The molecule has 0 radical (unpaired) electrons. The molecule has 0 saturated carbocycles. The topological polar surface area (TPSA) is 30.7 Å². The van der Waals surface area contributed by atoms with Gasteiger partial charge in [-0.1, -0.05) is 53.7 Å². The molecule has 3 nitrogen and oxygen atoms in total. The van der Waals surface area contributed by atoms with E-state index in [-0.39, 0.29) is 10.8 Å². The second-order valence-electron chi connectivity index (χ2n) is 6.30. The van der Waals surface area contributed by atoms with Crippen LogP contribution in [0.2, 0.25) is 0 Å². The molecule has 0 aliphatic rings. The summed E-state index contributed by atoms with van der Waals surface area (Å²) in [5.41, 5.74) is 1.34.